The van der Waals surface area contributed by atoms with Crippen LogP contribution in [0.5, 0.6) is 0 Å². The van der Waals surface area contributed by atoms with Crippen LogP contribution >= 0.6 is 11.6 Å². The summed E-state index contributed by atoms with van der Waals surface area (Å²) in [5.41, 5.74) is 4.74. The lowest BCUT2D eigenvalue weighted by atomic mass is 10.0. The van der Waals surface area contributed by atoms with Gasteiger partial charge in [0.15, 0.2) is 0 Å². The molecular weight excluding hydrogens is 478 g/mol. The summed E-state index contributed by atoms with van der Waals surface area (Å²) in [6.07, 6.45) is 6.47. The summed E-state index contributed by atoms with van der Waals surface area (Å²) in [6, 6.07) is 16.3. The molecule has 4 aromatic rings. The highest BCUT2D eigenvalue weighted by atomic mass is 35.5. The van der Waals surface area contributed by atoms with Gasteiger partial charge in [-0.25, -0.2) is 0 Å². The zero-order chi connectivity index (χ0) is 24.6. The normalized spacial score (nSPS) is 22.1. The summed E-state index contributed by atoms with van der Waals surface area (Å²) < 4.78 is 13.4. The molecule has 0 spiro atoms. The molecule has 0 radical (unpaired) electrons. The number of nitrogens with one attached hydrogen (secondary N) is 1. The van der Waals surface area contributed by atoms with Crippen LogP contribution in [0.2, 0.25) is 5.02 Å². The maximum atomic E-state index is 12.2. The standard InChI is InChI=1S/C28H28ClN3O4/c29-23-2-1-3-24-27(23)20(12-17-4-6-18(7-5-17)19-8-9-19)16-32(24)26-14-21(33)13-22(35-26)15-30-28(34)25-10-11-31-36-25/h1-7,10-11,16,19,21-22,26,33H,8-9,12-15H2,(H,30,34). The van der Waals surface area contributed by atoms with Gasteiger partial charge in [0.05, 0.1) is 28.9 Å². The lowest BCUT2D eigenvalue weighted by Crippen LogP contribution is -2.41. The maximum Gasteiger partial charge on any atom is 0.289 e. The Hall–Kier alpha value is -3.13. The molecule has 3 heterocycles. The largest absolute Gasteiger partial charge is 0.393 e. The van der Waals surface area contributed by atoms with Crippen LogP contribution in [-0.4, -0.2) is 39.5 Å². The van der Waals surface area contributed by atoms with Crippen molar-refractivity contribution >= 4 is 28.4 Å². The topological polar surface area (TPSA) is 89.5 Å². The van der Waals surface area contributed by atoms with Crippen LogP contribution in [0.3, 0.4) is 0 Å². The average molecular weight is 506 g/mol. The van der Waals surface area contributed by atoms with Gasteiger partial charge in [-0.15, -0.1) is 0 Å². The summed E-state index contributed by atoms with van der Waals surface area (Å²) in [5.74, 6) is 0.517. The second-order valence-electron chi connectivity index (χ2n) is 9.81. The number of rotatable bonds is 7. The van der Waals surface area contributed by atoms with Crippen molar-refractivity contribution in [3.8, 4) is 0 Å². The number of carbonyl (C=O) groups excluding carboxylic acids is 1. The van der Waals surface area contributed by atoms with Gasteiger partial charge in [-0.3, -0.25) is 4.79 Å². The number of nitrogens with zero attached hydrogens (tertiary/aromatic N) is 2. The summed E-state index contributed by atoms with van der Waals surface area (Å²) >= 11 is 6.68. The number of halogens is 1. The first-order valence-corrected chi connectivity index (χ1v) is 12.8. The Morgan fingerprint density at radius 2 is 1.97 bits per heavy atom. The highest BCUT2D eigenvalue weighted by Crippen LogP contribution is 2.40. The molecule has 1 aliphatic heterocycles. The van der Waals surface area contributed by atoms with E-state index in [1.165, 1.54) is 36.2 Å². The Labute approximate surface area is 214 Å². The number of hydrogen-bond donors (Lipinski definition) is 2. The van der Waals surface area contributed by atoms with Crippen LogP contribution in [0.1, 0.15) is 65.1 Å². The Kier molecular flexibility index (Phi) is 6.29. The fourth-order valence-corrected chi connectivity index (χ4v) is 5.46. The predicted octanol–water partition coefficient (Wildman–Crippen LogP) is 5.22. The minimum atomic E-state index is -0.550. The minimum Gasteiger partial charge on any atom is -0.393 e. The predicted molar refractivity (Wildman–Crippen MR) is 136 cm³/mol. The molecule has 1 saturated heterocycles. The number of benzene rings is 2. The first kappa shape index (κ1) is 23.3. The van der Waals surface area contributed by atoms with Crippen molar-refractivity contribution in [2.75, 3.05) is 6.54 Å². The van der Waals surface area contributed by atoms with E-state index in [-0.39, 0.29) is 30.5 Å². The first-order valence-electron chi connectivity index (χ1n) is 12.4. The molecular formula is C28H28ClN3O4. The van der Waals surface area contributed by atoms with E-state index in [1.807, 2.05) is 18.2 Å². The molecule has 2 aliphatic rings. The number of fused-ring (bicyclic) bond motifs is 1. The SMILES string of the molecule is O=C(NCC1CC(O)CC(n2cc(Cc3ccc(C4CC4)cc3)c3c(Cl)cccc32)O1)c1ccno1. The summed E-state index contributed by atoms with van der Waals surface area (Å²) in [6.45, 7) is 0.257. The van der Waals surface area contributed by atoms with Gasteiger partial charge in [0.2, 0.25) is 5.76 Å². The molecule has 36 heavy (non-hydrogen) atoms. The van der Waals surface area contributed by atoms with Crippen molar-refractivity contribution in [1.82, 2.24) is 15.0 Å². The molecule has 1 amide bonds. The number of hydrogen-bond acceptors (Lipinski definition) is 5. The van der Waals surface area contributed by atoms with Crippen LogP contribution < -0.4 is 5.32 Å². The molecule has 6 rings (SSSR count). The molecule has 0 bridgehead atoms. The zero-order valence-electron chi connectivity index (χ0n) is 19.8. The fourth-order valence-electron chi connectivity index (χ4n) is 5.17. The van der Waals surface area contributed by atoms with E-state index in [4.69, 9.17) is 20.9 Å². The van der Waals surface area contributed by atoms with Gasteiger partial charge < -0.3 is 24.3 Å². The number of ether oxygens (including phenoxy) is 1. The average Bonchev–Trinajstić information content (AvgIpc) is 3.44. The Bertz CT molecular complexity index is 1360. The number of amides is 1. The van der Waals surface area contributed by atoms with E-state index in [0.717, 1.165) is 28.8 Å². The maximum absolute atomic E-state index is 12.2. The van der Waals surface area contributed by atoms with E-state index >= 15 is 0 Å². The first-order chi connectivity index (χ1) is 17.5. The second-order valence-corrected chi connectivity index (χ2v) is 10.2. The quantitative estimate of drug-likeness (QED) is 0.359. The van der Waals surface area contributed by atoms with Crippen LogP contribution in [0.4, 0.5) is 0 Å². The molecule has 186 valence electrons. The number of aliphatic hydroxyl groups excluding tert-OH is 1. The second kappa shape index (κ2) is 9.73. The monoisotopic (exact) mass is 505 g/mol. The van der Waals surface area contributed by atoms with Gasteiger partial charge in [0, 0.05) is 37.0 Å². The molecule has 2 aromatic heterocycles. The Balaban J connectivity index is 1.23. The van der Waals surface area contributed by atoms with Crippen molar-refractivity contribution in [1.29, 1.82) is 0 Å². The van der Waals surface area contributed by atoms with Crippen LogP contribution in [0, 0.1) is 0 Å². The lowest BCUT2D eigenvalue weighted by molar-refractivity contribution is -0.124. The zero-order valence-corrected chi connectivity index (χ0v) is 20.5. The van der Waals surface area contributed by atoms with E-state index in [0.29, 0.717) is 17.9 Å². The van der Waals surface area contributed by atoms with Crippen molar-refractivity contribution in [2.24, 2.45) is 0 Å². The van der Waals surface area contributed by atoms with Gasteiger partial charge in [0.1, 0.15) is 6.23 Å². The molecule has 3 atom stereocenters. The van der Waals surface area contributed by atoms with Crippen LogP contribution in [0.15, 0.2) is 65.4 Å². The third-order valence-electron chi connectivity index (χ3n) is 7.13. The van der Waals surface area contributed by atoms with Gasteiger partial charge in [0.25, 0.3) is 5.91 Å². The third-order valence-corrected chi connectivity index (χ3v) is 7.44. The van der Waals surface area contributed by atoms with E-state index in [1.54, 1.807) is 0 Å². The van der Waals surface area contributed by atoms with Gasteiger partial charge in [-0.05, 0) is 54.0 Å². The molecule has 1 saturated carbocycles. The molecule has 2 N–H and O–H groups in total. The van der Waals surface area contributed by atoms with Crippen LogP contribution in [0.25, 0.3) is 10.9 Å². The van der Waals surface area contributed by atoms with Gasteiger partial charge >= 0.3 is 0 Å². The molecule has 8 heteroatoms. The van der Waals surface area contributed by atoms with E-state index in [9.17, 15) is 9.90 Å². The summed E-state index contributed by atoms with van der Waals surface area (Å²) in [4.78, 5) is 12.2. The summed E-state index contributed by atoms with van der Waals surface area (Å²) in [7, 11) is 0. The van der Waals surface area contributed by atoms with Gasteiger partial charge in [-0.1, -0.05) is 47.1 Å². The summed E-state index contributed by atoms with van der Waals surface area (Å²) in [5, 5.41) is 18.7. The molecule has 1 aliphatic carbocycles. The van der Waals surface area contributed by atoms with Crippen molar-refractivity contribution in [3.63, 3.8) is 0 Å². The lowest BCUT2D eigenvalue weighted by Gasteiger charge is -2.34. The highest BCUT2D eigenvalue weighted by molar-refractivity contribution is 6.35. The van der Waals surface area contributed by atoms with Crippen molar-refractivity contribution in [2.45, 2.75) is 56.5 Å². The van der Waals surface area contributed by atoms with Crippen molar-refractivity contribution < 1.29 is 19.2 Å². The van der Waals surface area contributed by atoms with E-state index in [2.05, 4.69) is 45.5 Å². The Morgan fingerprint density at radius 1 is 1.14 bits per heavy atom. The fraction of sp³-hybridized carbons (Fsp3) is 0.357. The number of carbonyl (C=O) groups is 1. The highest BCUT2D eigenvalue weighted by Gasteiger charge is 2.31. The smallest absolute Gasteiger partial charge is 0.289 e. The molecule has 3 unspecified atom stereocenters. The van der Waals surface area contributed by atoms with Crippen LogP contribution in [-0.2, 0) is 11.2 Å². The van der Waals surface area contributed by atoms with Gasteiger partial charge in [-0.2, -0.15) is 0 Å². The van der Waals surface area contributed by atoms with E-state index < -0.39 is 6.10 Å². The molecule has 2 aromatic carbocycles. The van der Waals surface area contributed by atoms with Crippen molar-refractivity contribution in [3.05, 3.63) is 88.4 Å². The molecule has 7 nitrogen and oxygen atoms in total. The third kappa shape index (κ3) is 4.78. The molecule has 2 fully saturated rings. The minimum absolute atomic E-state index is 0.142. The number of aromatic nitrogens is 2. The number of aliphatic hydroxyl groups is 1. The Morgan fingerprint density at radius 3 is 2.72 bits per heavy atom.